The van der Waals surface area contributed by atoms with Gasteiger partial charge < -0.3 is 10.0 Å². The quantitative estimate of drug-likeness (QED) is 0.592. The van der Waals surface area contributed by atoms with Crippen molar-refractivity contribution >= 4 is 5.91 Å². The molecule has 2 heterocycles. The van der Waals surface area contributed by atoms with Crippen molar-refractivity contribution in [2.24, 2.45) is 11.8 Å². The van der Waals surface area contributed by atoms with Crippen molar-refractivity contribution in [2.75, 3.05) is 7.05 Å². The van der Waals surface area contributed by atoms with E-state index < -0.39 is 11.9 Å². The molecule has 5 nitrogen and oxygen atoms in total. The van der Waals surface area contributed by atoms with Gasteiger partial charge in [0.05, 0.1) is 12.3 Å². The zero-order valence-electron chi connectivity index (χ0n) is 18.2. The maximum Gasteiger partial charge on any atom is 0.253 e. The number of carbonyl (C=O) groups is 1. The van der Waals surface area contributed by atoms with Gasteiger partial charge in [-0.15, -0.1) is 0 Å². The van der Waals surface area contributed by atoms with E-state index >= 15 is 0 Å². The summed E-state index contributed by atoms with van der Waals surface area (Å²) in [6, 6.07) is 13.0. The van der Waals surface area contributed by atoms with Gasteiger partial charge in [0.25, 0.3) is 5.91 Å². The third kappa shape index (κ3) is 5.37. The molecular weight excluding hydrogens is 405 g/mol. The molecule has 3 aromatic rings. The normalized spacial score (nSPS) is 19.0. The molecule has 1 amide bonds. The van der Waals surface area contributed by atoms with E-state index in [9.17, 15) is 14.3 Å². The summed E-state index contributed by atoms with van der Waals surface area (Å²) in [5, 5.41) is 10.6. The molecule has 3 atom stereocenters. The van der Waals surface area contributed by atoms with Crippen LogP contribution in [0.3, 0.4) is 0 Å². The van der Waals surface area contributed by atoms with Gasteiger partial charge in [0.1, 0.15) is 5.82 Å². The predicted molar refractivity (Wildman–Crippen MR) is 120 cm³/mol. The number of pyridine rings is 2. The molecule has 32 heavy (non-hydrogen) atoms. The maximum atomic E-state index is 13.4. The van der Waals surface area contributed by atoms with Crippen molar-refractivity contribution in [1.82, 2.24) is 14.9 Å². The van der Waals surface area contributed by atoms with Crippen LogP contribution in [0.15, 0.2) is 67.3 Å². The van der Waals surface area contributed by atoms with Crippen LogP contribution in [0, 0.1) is 17.7 Å². The second-order valence-corrected chi connectivity index (χ2v) is 8.74. The molecule has 2 aromatic heterocycles. The third-order valence-electron chi connectivity index (χ3n) is 6.31. The number of nitrogens with zero attached hydrogens (tertiary/aromatic N) is 3. The van der Waals surface area contributed by atoms with Gasteiger partial charge in [0.15, 0.2) is 0 Å². The van der Waals surface area contributed by atoms with Crippen molar-refractivity contribution in [3.8, 4) is 0 Å². The SMILES string of the molecule is CN(Cc1cccnc1)C(=O)c1ccc(C[C@@H]2CC[C@H]([C@H](O)c3cncc(F)c3)C2)cc1. The van der Waals surface area contributed by atoms with E-state index in [1.807, 2.05) is 36.4 Å². The van der Waals surface area contributed by atoms with E-state index in [-0.39, 0.29) is 11.8 Å². The lowest BCUT2D eigenvalue weighted by molar-refractivity contribution is 0.0785. The van der Waals surface area contributed by atoms with Crippen LogP contribution >= 0.6 is 0 Å². The van der Waals surface area contributed by atoms with Crippen LogP contribution < -0.4 is 0 Å². The van der Waals surface area contributed by atoms with Crippen LogP contribution in [0.4, 0.5) is 4.39 Å². The minimum absolute atomic E-state index is 0.0202. The zero-order chi connectivity index (χ0) is 22.5. The van der Waals surface area contributed by atoms with E-state index in [1.165, 1.54) is 11.6 Å². The van der Waals surface area contributed by atoms with E-state index in [4.69, 9.17) is 0 Å². The molecule has 1 fully saturated rings. The fourth-order valence-corrected chi connectivity index (χ4v) is 4.62. The number of amides is 1. The average Bonchev–Trinajstić information content (AvgIpc) is 3.27. The Morgan fingerprint density at radius 2 is 1.94 bits per heavy atom. The lowest BCUT2D eigenvalue weighted by atomic mass is 9.92. The van der Waals surface area contributed by atoms with Gasteiger partial charge in [-0.25, -0.2) is 4.39 Å². The Kier molecular flexibility index (Phi) is 6.90. The van der Waals surface area contributed by atoms with Gasteiger partial charge >= 0.3 is 0 Å². The van der Waals surface area contributed by atoms with Crippen molar-refractivity contribution < 1.29 is 14.3 Å². The minimum Gasteiger partial charge on any atom is -0.388 e. The summed E-state index contributed by atoms with van der Waals surface area (Å²) < 4.78 is 13.4. The van der Waals surface area contributed by atoms with Crippen LogP contribution in [0.1, 0.15) is 52.4 Å². The zero-order valence-corrected chi connectivity index (χ0v) is 18.2. The molecule has 0 spiro atoms. The highest BCUT2D eigenvalue weighted by atomic mass is 19.1. The number of aromatic nitrogens is 2. The summed E-state index contributed by atoms with van der Waals surface area (Å²) in [5.74, 6) is 0.140. The smallest absolute Gasteiger partial charge is 0.253 e. The number of aliphatic hydroxyl groups excluding tert-OH is 1. The van der Waals surface area contributed by atoms with Crippen molar-refractivity contribution in [3.05, 3.63) is 95.3 Å². The summed E-state index contributed by atoms with van der Waals surface area (Å²) in [5.41, 5.74) is 3.39. The molecule has 0 aliphatic heterocycles. The summed E-state index contributed by atoms with van der Waals surface area (Å²) in [4.78, 5) is 22.4. The highest BCUT2D eigenvalue weighted by molar-refractivity contribution is 5.94. The molecular formula is C26H28FN3O2. The first-order valence-electron chi connectivity index (χ1n) is 11.0. The first kappa shape index (κ1) is 22.1. The van der Waals surface area contributed by atoms with Crippen LogP contribution in [0.2, 0.25) is 0 Å². The summed E-state index contributed by atoms with van der Waals surface area (Å²) in [6.07, 6.45) is 9.24. The molecule has 1 aliphatic carbocycles. The van der Waals surface area contributed by atoms with Gasteiger partial charge in [0, 0.05) is 43.3 Å². The van der Waals surface area contributed by atoms with Crippen LogP contribution in [0.25, 0.3) is 0 Å². The number of benzene rings is 1. The number of hydrogen-bond acceptors (Lipinski definition) is 4. The maximum absolute atomic E-state index is 13.4. The fraction of sp³-hybridized carbons (Fsp3) is 0.346. The van der Waals surface area contributed by atoms with E-state index in [2.05, 4.69) is 9.97 Å². The Morgan fingerprint density at radius 3 is 2.66 bits per heavy atom. The van der Waals surface area contributed by atoms with Gasteiger partial charge in [-0.1, -0.05) is 18.2 Å². The van der Waals surface area contributed by atoms with Crippen LogP contribution in [-0.4, -0.2) is 32.9 Å². The largest absolute Gasteiger partial charge is 0.388 e. The molecule has 0 bridgehead atoms. The average molecular weight is 434 g/mol. The fourth-order valence-electron chi connectivity index (χ4n) is 4.62. The second kappa shape index (κ2) is 10.0. The van der Waals surface area contributed by atoms with Crippen LogP contribution in [0.5, 0.6) is 0 Å². The minimum atomic E-state index is -0.682. The standard InChI is InChI=1S/C26H28FN3O2/c1-30(17-20-3-2-10-28-14-20)26(32)21-7-4-18(5-8-21)11-19-6-9-22(12-19)25(31)23-13-24(27)16-29-15-23/h2-5,7-8,10,13-16,19,22,25,31H,6,9,11-12,17H2,1H3/t19-,22-,25-/m0/s1. The second-order valence-electron chi connectivity index (χ2n) is 8.74. The first-order valence-corrected chi connectivity index (χ1v) is 11.0. The predicted octanol–water partition coefficient (Wildman–Crippen LogP) is 4.58. The number of rotatable bonds is 7. The number of aliphatic hydroxyl groups is 1. The molecule has 0 unspecified atom stereocenters. The number of halogens is 1. The molecule has 166 valence electrons. The summed E-state index contributed by atoms with van der Waals surface area (Å²) >= 11 is 0. The lowest BCUT2D eigenvalue weighted by Crippen LogP contribution is -2.26. The Balaban J connectivity index is 1.31. The Morgan fingerprint density at radius 1 is 1.12 bits per heavy atom. The highest BCUT2D eigenvalue weighted by Gasteiger charge is 2.31. The van der Waals surface area contributed by atoms with Gasteiger partial charge in [-0.2, -0.15) is 0 Å². The van der Waals surface area contributed by atoms with E-state index in [1.54, 1.807) is 30.5 Å². The van der Waals surface area contributed by atoms with E-state index in [0.29, 0.717) is 23.6 Å². The molecule has 0 radical (unpaired) electrons. The molecule has 4 rings (SSSR count). The Hall–Kier alpha value is -3.12. The van der Waals surface area contributed by atoms with Gasteiger partial charge in [-0.3, -0.25) is 14.8 Å². The molecule has 6 heteroatoms. The topological polar surface area (TPSA) is 66.3 Å². The van der Waals surface area contributed by atoms with Gasteiger partial charge in [-0.05, 0) is 72.9 Å². The number of hydrogen-bond donors (Lipinski definition) is 1. The van der Waals surface area contributed by atoms with E-state index in [0.717, 1.165) is 37.4 Å². The lowest BCUT2D eigenvalue weighted by Gasteiger charge is -2.19. The molecule has 0 saturated heterocycles. The Labute approximate surface area is 188 Å². The molecule has 1 aliphatic rings. The Bertz CT molecular complexity index is 1040. The third-order valence-corrected chi connectivity index (χ3v) is 6.31. The molecule has 1 N–H and O–H groups in total. The molecule has 1 aromatic carbocycles. The van der Waals surface area contributed by atoms with Crippen molar-refractivity contribution in [1.29, 1.82) is 0 Å². The first-order chi connectivity index (χ1) is 15.5. The monoisotopic (exact) mass is 433 g/mol. The molecule has 1 saturated carbocycles. The van der Waals surface area contributed by atoms with Crippen LogP contribution in [-0.2, 0) is 13.0 Å². The summed E-state index contributed by atoms with van der Waals surface area (Å²) in [7, 11) is 1.79. The van der Waals surface area contributed by atoms with Gasteiger partial charge in [0.2, 0.25) is 0 Å². The highest BCUT2D eigenvalue weighted by Crippen LogP contribution is 2.40. The van der Waals surface area contributed by atoms with Crippen molar-refractivity contribution in [2.45, 2.75) is 38.3 Å². The number of carbonyl (C=O) groups excluding carboxylic acids is 1. The van der Waals surface area contributed by atoms with Crippen molar-refractivity contribution in [3.63, 3.8) is 0 Å². The summed E-state index contributed by atoms with van der Waals surface area (Å²) in [6.45, 7) is 0.515.